The summed E-state index contributed by atoms with van der Waals surface area (Å²) in [5.74, 6) is 0. The lowest BCUT2D eigenvalue weighted by Crippen LogP contribution is -2.15. The van der Waals surface area contributed by atoms with Gasteiger partial charge in [0.05, 0.1) is 19.8 Å². The third kappa shape index (κ3) is 18.6. The Hall–Kier alpha value is -0.250. The maximum Gasteiger partial charge on any atom is 0.397 e. The minimum Gasteiger partial charge on any atom is -0.394 e. The molecule has 0 saturated carbocycles. The second kappa shape index (κ2) is 8.35. The fourth-order valence-electron chi connectivity index (χ4n) is 0.207. The lowest BCUT2D eigenvalue weighted by atomic mass is 10.4. The van der Waals surface area contributed by atoms with E-state index in [-0.39, 0.29) is 19.8 Å². The van der Waals surface area contributed by atoms with E-state index in [4.69, 9.17) is 19.9 Å². The van der Waals surface area contributed by atoms with Crippen molar-refractivity contribution in [2.24, 2.45) is 0 Å². The van der Waals surface area contributed by atoms with Crippen molar-refractivity contribution in [1.29, 1.82) is 0 Å². The number of hydrogen-bond acceptors (Lipinski definition) is 6. The van der Waals surface area contributed by atoms with Crippen molar-refractivity contribution < 1.29 is 32.5 Å². The summed E-state index contributed by atoms with van der Waals surface area (Å²) >= 11 is 0. The van der Waals surface area contributed by atoms with E-state index in [2.05, 4.69) is 4.18 Å². The lowest BCUT2D eigenvalue weighted by molar-refractivity contribution is 0.0450. The van der Waals surface area contributed by atoms with Crippen LogP contribution >= 0.6 is 0 Å². The lowest BCUT2D eigenvalue weighted by Gasteiger charge is -1.96. The van der Waals surface area contributed by atoms with Crippen LogP contribution in [0.2, 0.25) is 0 Å². The highest BCUT2D eigenvalue weighted by Gasteiger charge is 1.98. The Labute approximate surface area is 76.5 Å². The molecule has 0 unspecified atom stereocenters. The van der Waals surface area contributed by atoms with E-state index < -0.39 is 16.5 Å². The normalized spacial score (nSPS) is 10.9. The van der Waals surface area contributed by atoms with Crippen LogP contribution in [0, 0.1) is 0 Å². The van der Waals surface area contributed by atoms with Gasteiger partial charge in [0, 0.05) is 0 Å². The summed E-state index contributed by atoms with van der Waals surface area (Å²) < 4.78 is 30.7. The average molecular weight is 218 g/mol. The first-order valence-electron chi connectivity index (χ1n) is 3.39. The predicted octanol–water partition coefficient (Wildman–Crippen LogP) is -1.84. The molecule has 0 heterocycles. The van der Waals surface area contributed by atoms with Crippen LogP contribution < -0.4 is 0 Å². The van der Waals surface area contributed by atoms with E-state index >= 15 is 0 Å². The fourth-order valence-corrected chi connectivity index (χ4v) is 0.505. The Balaban J connectivity index is 0. The van der Waals surface area contributed by atoms with Crippen molar-refractivity contribution in [3.63, 3.8) is 0 Å². The van der Waals surface area contributed by atoms with Crippen molar-refractivity contribution in [1.82, 2.24) is 0 Å². The summed E-state index contributed by atoms with van der Waals surface area (Å²) in [4.78, 5) is 0. The molecule has 8 heteroatoms. The summed E-state index contributed by atoms with van der Waals surface area (Å²) in [6.45, 7) is 0.708. The molecule has 0 bridgehead atoms. The van der Waals surface area contributed by atoms with Crippen LogP contribution in [0.5, 0.6) is 0 Å². The van der Waals surface area contributed by atoms with Gasteiger partial charge in [-0.25, -0.2) is 4.18 Å². The molecule has 0 aliphatic rings. The highest BCUT2D eigenvalue weighted by atomic mass is 32.3. The van der Waals surface area contributed by atoms with E-state index in [1.165, 1.54) is 6.92 Å². The largest absolute Gasteiger partial charge is 0.397 e. The Morgan fingerprint density at radius 3 is 1.69 bits per heavy atom. The van der Waals surface area contributed by atoms with E-state index in [1.807, 2.05) is 0 Å². The molecule has 82 valence electrons. The molecule has 0 atom stereocenters. The summed E-state index contributed by atoms with van der Waals surface area (Å²) in [6, 6.07) is 0. The molecule has 0 aliphatic heterocycles. The maximum atomic E-state index is 9.56. The zero-order valence-corrected chi connectivity index (χ0v) is 7.94. The zero-order valence-electron chi connectivity index (χ0n) is 7.12. The Bertz CT molecular complexity index is 183. The first kappa shape index (κ1) is 15.2. The van der Waals surface area contributed by atoms with Gasteiger partial charge >= 0.3 is 10.4 Å². The molecule has 0 spiro atoms. The molecule has 0 amide bonds. The van der Waals surface area contributed by atoms with Gasteiger partial charge in [0.15, 0.2) is 0 Å². The number of hydrogen-bond donors (Lipinski definition) is 4. The number of aliphatic hydroxyl groups is 3. The molecule has 0 aromatic carbocycles. The molecule has 0 rings (SSSR count). The van der Waals surface area contributed by atoms with Gasteiger partial charge < -0.3 is 15.3 Å². The highest BCUT2D eigenvalue weighted by Crippen LogP contribution is 1.81. The summed E-state index contributed by atoms with van der Waals surface area (Å²) in [7, 11) is -4.17. The van der Waals surface area contributed by atoms with Gasteiger partial charge in [0.25, 0.3) is 0 Å². The van der Waals surface area contributed by atoms with Crippen molar-refractivity contribution >= 4 is 10.4 Å². The van der Waals surface area contributed by atoms with Gasteiger partial charge in [0.1, 0.15) is 6.10 Å². The van der Waals surface area contributed by atoms with Gasteiger partial charge in [-0.05, 0) is 6.92 Å². The van der Waals surface area contributed by atoms with Crippen molar-refractivity contribution in [3.05, 3.63) is 0 Å². The van der Waals surface area contributed by atoms with Crippen LogP contribution in [0.1, 0.15) is 6.92 Å². The minimum absolute atomic E-state index is 0.0289. The second-order valence-corrected chi connectivity index (χ2v) is 2.94. The van der Waals surface area contributed by atoms with Gasteiger partial charge in [-0.15, -0.1) is 0 Å². The summed E-state index contributed by atoms with van der Waals surface area (Å²) in [6.07, 6.45) is -0.954. The molecule has 0 fully saturated rings. The maximum absolute atomic E-state index is 9.56. The van der Waals surface area contributed by atoms with E-state index in [0.29, 0.717) is 0 Å². The van der Waals surface area contributed by atoms with Crippen molar-refractivity contribution in [2.75, 3.05) is 19.8 Å². The van der Waals surface area contributed by atoms with Crippen LogP contribution in [-0.2, 0) is 14.6 Å². The number of rotatable bonds is 4. The minimum atomic E-state index is -4.17. The highest BCUT2D eigenvalue weighted by molar-refractivity contribution is 7.80. The van der Waals surface area contributed by atoms with Gasteiger partial charge in [0.2, 0.25) is 0 Å². The molecule has 7 nitrogen and oxygen atoms in total. The smallest absolute Gasteiger partial charge is 0.394 e. The first-order chi connectivity index (χ1) is 5.87. The Morgan fingerprint density at radius 1 is 1.31 bits per heavy atom. The van der Waals surface area contributed by atoms with Gasteiger partial charge in [-0.3, -0.25) is 4.55 Å². The topological polar surface area (TPSA) is 124 Å². The van der Waals surface area contributed by atoms with Crippen LogP contribution in [0.4, 0.5) is 0 Å². The first-order valence-corrected chi connectivity index (χ1v) is 4.75. The van der Waals surface area contributed by atoms with Crippen molar-refractivity contribution in [2.45, 2.75) is 13.0 Å². The van der Waals surface area contributed by atoms with Gasteiger partial charge in [-0.1, -0.05) is 0 Å². The van der Waals surface area contributed by atoms with Crippen LogP contribution in [-0.4, -0.2) is 54.2 Å². The predicted molar refractivity (Wildman–Crippen MR) is 43.4 cm³/mol. The molecule has 0 saturated heterocycles. The quantitative estimate of drug-likeness (QED) is 0.408. The molecule has 0 aliphatic carbocycles. The third-order valence-corrected chi connectivity index (χ3v) is 1.22. The standard InChI is InChI=1S/C3H8O3.C2H6O4S/c4-1-3(6)2-5;1-2-6-7(3,4)5/h3-6H,1-2H2;2H2,1H3,(H,3,4,5). The Morgan fingerprint density at radius 2 is 1.69 bits per heavy atom. The summed E-state index contributed by atoms with van der Waals surface area (Å²) in [5, 5.41) is 24.0. The molecule has 13 heavy (non-hydrogen) atoms. The van der Waals surface area contributed by atoms with Crippen LogP contribution in [0.15, 0.2) is 0 Å². The van der Waals surface area contributed by atoms with E-state index in [0.717, 1.165) is 0 Å². The van der Waals surface area contributed by atoms with Gasteiger partial charge in [-0.2, -0.15) is 8.42 Å². The van der Waals surface area contributed by atoms with Crippen molar-refractivity contribution in [3.8, 4) is 0 Å². The van der Waals surface area contributed by atoms with Crippen LogP contribution in [0.3, 0.4) is 0 Å². The second-order valence-electron chi connectivity index (χ2n) is 1.85. The number of aliphatic hydroxyl groups excluding tert-OH is 3. The summed E-state index contributed by atoms with van der Waals surface area (Å²) in [5.41, 5.74) is 0. The molecule has 0 radical (unpaired) electrons. The molecular formula is C5H14O7S. The zero-order chi connectivity index (χ0) is 10.9. The monoisotopic (exact) mass is 218 g/mol. The Kier molecular flexibility index (Phi) is 9.79. The fraction of sp³-hybridized carbons (Fsp3) is 1.00. The average Bonchev–Trinajstić information content (AvgIpc) is 2.02. The van der Waals surface area contributed by atoms with Crippen LogP contribution in [0.25, 0.3) is 0 Å². The third-order valence-electron chi connectivity index (χ3n) is 0.688. The SMILES string of the molecule is CCOS(=O)(=O)O.OCC(O)CO. The molecule has 0 aromatic heterocycles. The molecular weight excluding hydrogens is 204 g/mol. The van der Waals surface area contributed by atoms with E-state index in [9.17, 15) is 8.42 Å². The molecule has 0 aromatic rings. The van der Waals surface area contributed by atoms with E-state index in [1.54, 1.807) is 0 Å². The molecule has 4 N–H and O–H groups in total.